The summed E-state index contributed by atoms with van der Waals surface area (Å²) < 4.78 is 5.79. The molecule has 4 heteroatoms. The maximum atomic E-state index is 9.52. The lowest BCUT2D eigenvalue weighted by molar-refractivity contribution is 0.0322. The van der Waals surface area contributed by atoms with E-state index in [4.69, 9.17) is 4.74 Å². The molecule has 3 rings (SSSR count). The van der Waals surface area contributed by atoms with E-state index in [0.29, 0.717) is 12.6 Å². The Morgan fingerprint density at radius 2 is 1.96 bits per heavy atom. The van der Waals surface area contributed by atoms with Gasteiger partial charge in [0.2, 0.25) is 0 Å². The summed E-state index contributed by atoms with van der Waals surface area (Å²) in [5, 5.41) is 9.52. The van der Waals surface area contributed by atoms with Crippen molar-refractivity contribution in [3.8, 4) is 5.75 Å². The van der Waals surface area contributed by atoms with Crippen LogP contribution >= 0.6 is 0 Å². The second kappa shape index (κ2) is 8.84. The average molecular weight is 332 g/mol. The molecule has 0 radical (unpaired) electrons. The highest BCUT2D eigenvalue weighted by Gasteiger charge is 2.31. The number of piperazine rings is 1. The molecule has 1 aromatic carbocycles. The molecule has 1 saturated heterocycles. The van der Waals surface area contributed by atoms with Gasteiger partial charge < -0.3 is 9.84 Å². The van der Waals surface area contributed by atoms with Gasteiger partial charge in [-0.1, -0.05) is 31.0 Å². The third-order valence-electron chi connectivity index (χ3n) is 5.59. The van der Waals surface area contributed by atoms with E-state index in [0.717, 1.165) is 44.4 Å². The number of aliphatic hydroxyl groups is 1. The molecule has 134 valence electrons. The van der Waals surface area contributed by atoms with E-state index in [2.05, 4.69) is 28.0 Å². The van der Waals surface area contributed by atoms with Gasteiger partial charge in [0, 0.05) is 50.4 Å². The van der Waals surface area contributed by atoms with Crippen molar-refractivity contribution < 1.29 is 9.84 Å². The van der Waals surface area contributed by atoms with Crippen LogP contribution in [0, 0.1) is 0 Å². The van der Waals surface area contributed by atoms with Crippen molar-refractivity contribution in [1.29, 1.82) is 0 Å². The lowest BCUT2D eigenvalue weighted by Crippen LogP contribution is -2.55. The van der Waals surface area contributed by atoms with E-state index in [1.165, 1.54) is 31.2 Å². The van der Waals surface area contributed by atoms with E-state index < -0.39 is 0 Å². The predicted molar refractivity (Wildman–Crippen MR) is 97.3 cm³/mol. The molecule has 24 heavy (non-hydrogen) atoms. The molecule has 1 N–H and O–H groups in total. The predicted octanol–water partition coefficient (Wildman–Crippen LogP) is 2.90. The molecule has 1 aromatic rings. The molecule has 1 aliphatic carbocycles. The zero-order valence-electron chi connectivity index (χ0n) is 15.0. The SMILES string of the molecule is CCOc1ccccc1CN1CCN(C2CCCC2)C[C@H]1CCO. The topological polar surface area (TPSA) is 35.9 Å². The normalized spacial score (nSPS) is 23.7. The fraction of sp³-hybridized carbons (Fsp3) is 0.700. The average Bonchev–Trinajstić information content (AvgIpc) is 3.13. The molecule has 0 amide bonds. The summed E-state index contributed by atoms with van der Waals surface area (Å²) in [5.41, 5.74) is 1.26. The maximum absolute atomic E-state index is 9.52. The van der Waals surface area contributed by atoms with Crippen LogP contribution in [0.3, 0.4) is 0 Å². The third-order valence-corrected chi connectivity index (χ3v) is 5.59. The van der Waals surface area contributed by atoms with Gasteiger partial charge in [0.25, 0.3) is 0 Å². The Kier molecular flexibility index (Phi) is 6.52. The van der Waals surface area contributed by atoms with Gasteiger partial charge in [-0.3, -0.25) is 9.80 Å². The van der Waals surface area contributed by atoms with Crippen molar-refractivity contribution in [3.63, 3.8) is 0 Å². The van der Waals surface area contributed by atoms with Crippen LogP contribution in [0.25, 0.3) is 0 Å². The molecule has 0 aromatic heterocycles. The Hall–Kier alpha value is -1.10. The molecule has 0 spiro atoms. The van der Waals surface area contributed by atoms with Crippen LogP contribution in [0.4, 0.5) is 0 Å². The number of aliphatic hydroxyl groups excluding tert-OH is 1. The first-order valence-corrected chi connectivity index (χ1v) is 9.61. The van der Waals surface area contributed by atoms with Crippen LogP contribution in [0.5, 0.6) is 5.75 Å². The first kappa shape index (κ1) is 17.7. The van der Waals surface area contributed by atoms with E-state index in [1.54, 1.807) is 0 Å². The molecule has 1 atom stereocenters. The zero-order chi connectivity index (χ0) is 16.8. The Labute approximate surface area is 146 Å². The molecule has 2 fully saturated rings. The quantitative estimate of drug-likeness (QED) is 0.833. The highest BCUT2D eigenvalue weighted by molar-refractivity contribution is 5.33. The van der Waals surface area contributed by atoms with Gasteiger partial charge in [-0.05, 0) is 32.3 Å². The molecule has 1 heterocycles. The Morgan fingerprint density at radius 3 is 2.71 bits per heavy atom. The molecule has 1 aliphatic heterocycles. The highest BCUT2D eigenvalue weighted by Crippen LogP contribution is 2.28. The molecule has 2 aliphatic rings. The van der Waals surface area contributed by atoms with Crippen molar-refractivity contribution in [2.75, 3.05) is 32.8 Å². The van der Waals surface area contributed by atoms with Gasteiger partial charge in [-0.2, -0.15) is 0 Å². The Balaban J connectivity index is 1.66. The van der Waals surface area contributed by atoms with E-state index >= 15 is 0 Å². The van der Waals surface area contributed by atoms with Crippen LogP contribution in [0.1, 0.15) is 44.6 Å². The van der Waals surface area contributed by atoms with Crippen LogP contribution in [0.15, 0.2) is 24.3 Å². The fourth-order valence-corrected chi connectivity index (χ4v) is 4.30. The smallest absolute Gasteiger partial charge is 0.123 e. The maximum Gasteiger partial charge on any atom is 0.123 e. The second-order valence-corrected chi connectivity index (χ2v) is 7.11. The van der Waals surface area contributed by atoms with Crippen LogP contribution < -0.4 is 4.74 Å². The van der Waals surface area contributed by atoms with E-state index in [9.17, 15) is 5.11 Å². The molecular weight excluding hydrogens is 300 g/mol. The van der Waals surface area contributed by atoms with Crippen molar-refractivity contribution in [3.05, 3.63) is 29.8 Å². The van der Waals surface area contributed by atoms with Crippen LogP contribution in [0.2, 0.25) is 0 Å². The monoisotopic (exact) mass is 332 g/mol. The van der Waals surface area contributed by atoms with Gasteiger partial charge in [-0.15, -0.1) is 0 Å². The molecule has 0 unspecified atom stereocenters. The van der Waals surface area contributed by atoms with Crippen molar-refractivity contribution in [2.45, 2.75) is 57.7 Å². The number of hydrogen-bond donors (Lipinski definition) is 1. The highest BCUT2D eigenvalue weighted by atomic mass is 16.5. The standard InChI is InChI=1S/C20H32N2O2/c1-2-24-20-10-6-3-7-17(20)15-21-12-13-22(16-19(21)11-14-23)18-8-4-5-9-18/h3,6-7,10,18-19,23H,2,4-5,8-9,11-16H2,1H3/t19-/m1/s1. The first-order chi connectivity index (χ1) is 11.8. The number of benzene rings is 1. The van der Waals surface area contributed by atoms with Gasteiger partial charge >= 0.3 is 0 Å². The summed E-state index contributed by atoms with van der Waals surface area (Å²) in [7, 11) is 0. The third kappa shape index (κ3) is 4.29. The van der Waals surface area contributed by atoms with Crippen molar-refractivity contribution in [2.24, 2.45) is 0 Å². The summed E-state index contributed by atoms with van der Waals surface area (Å²) in [4.78, 5) is 5.22. The van der Waals surface area contributed by atoms with E-state index in [1.807, 2.05) is 13.0 Å². The zero-order valence-corrected chi connectivity index (χ0v) is 15.0. The minimum absolute atomic E-state index is 0.271. The lowest BCUT2D eigenvalue weighted by Gasteiger charge is -2.44. The van der Waals surface area contributed by atoms with Gasteiger partial charge in [0.15, 0.2) is 0 Å². The number of ether oxygens (including phenoxy) is 1. The number of rotatable bonds is 7. The van der Waals surface area contributed by atoms with E-state index in [-0.39, 0.29) is 6.61 Å². The Morgan fingerprint density at radius 1 is 1.17 bits per heavy atom. The summed E-state index contributed by atoms with van der Waals surface area (Å²) in [6.07, 6.45) is 6.35. The lowest BCUT2D eigenvalue weighted by atomic mass is 10.0. The van der Waals surface area contributed by atoms with Gasteiger partial charge in [0.05, 0.1) is 6.61 Å². The summed E-state index contributed by atoms with van der Waals surface area (Å²) in [5.74, 6) is 1.00. The number of hydrogen-bond acceptors (Lipinski definition) is 4. The molecule has 1 saturated carbocycles. The largest absolute Gasteiger partial charge is 0.494 e. The van der Waals surface area contributed by atoms with Crippen LogP contribution in [-0.4, -0.2) is 59.8 Å². The fourth-order valence-electron chi connectivity index (χ4n) is 4.30. The molecule has 4 nitrogen and oxygen atoms in total. The van der Waals surface area contributed by atoms with Gasteiger partial charge in [0.1, 0.15) is 5.75 Å². The Bertz CT molecular complexity index is 502. The van der Waals surface area contributed by atoms with Crippen molar-refractivity contribution >= 4 is 0 Å². The minimum Gasteiger partial charge on any atom is -0.494 e. The first-order valence-electron chi connectivity index (χ1n) is 9.61. The van der Waals surface area contributed by atoms with Gasteiger partial charge in [-0.25, -0.2) is 0 Å². The van der Waals surface area contributed by atoms with Crippen LogP contribution in [-0.2, 0) is 6.54 Å². The molecule has 0 bridgehead atoms. The van der Waals surface area contributed by atoms with Crippen molar-refractivity contribution in [1.82, 2.24) is 9.80 Å². The number of para-hydroxylation sites is 1. The molecular formula is C20H32N2O2. The minimum atomic E-state index is 0.271. The number of nitrogens with zero attached hydrogens (tertiary/aromatic N) is 2. The summed E-state index contributed by atoms with van der Waals surface area (Å²) in [6, 6.07) is 9.59. The summed E-state index contributed by atoms with van der Waals surface area (Å²) >= 11 is 0. The summed E-state index contributed by atoms with van der Waals surface area (Å²) in [6.45, 7) is 7.26. The second-order valence-electron chi connectivity index (χ2n) is 7.11.